The van der Waals surface area contributed by atoms with Crippen LogP contribution >= 0.6 is 27.3 Å². The fraction of sp³-hybridized carbons (Fsp3) is 0.333. The lowest BCUT2D eigenvalue weighted by molar-refractivity contribution is 0.654. The number of hydrogen-bond donors (Lipinski definition) is 1. The molecule has 2 rings (SSSR count). The monoisotopic (exact) mass is 286 g/mol. The van der Waals surface area contributed by atoms with Crippen molar-refractivity contribution in [2.45, 2.75) is 13.1 Å². The number of aromatic nitrogens is 3. The predicted octanol–water partition coefficient (Wildman–Crippen LogP) is 1.93. The summed E-state index contributed by atoms with van der Waals surface area (Å²) in [6.45, 7) is 1.56. The van der Waals surface area contributed by atoms with Crippen molar-refractivity contribution in [3.05, 3.63) is 32.9 Å². The third-order valence-corrected chi connectivity index (χ3v) is 3.55. The lowest BCUT2D eigenvalue weighted by atomic mass is 10.4. The number of hydrogen-bond acceptors (Lipinski definition) is 4. The Morgan fingerprint density at radius 1 is 1.53 bits per heavy atom. The Kier molecular flexibility index (Phi) is 3.50. The third kappa shape index (κ3) is 3.12. The summed E-state index contributed by atoms with van der Waals surface area (Å²) in [5, 5.41) is 9.56. The van der Waals surface area contributed by atoms with Crippen molar-refractivity contribution < 1.29 is 0 Å². The molecule has 2 aromatic heterocycles. The molecule has 0 fully saturated rings. The van der Waals surface area contributed by atoms with Crippen LogP contribution in [0.4, 0.5) is 0 Å². The average Bonchev–Trinajstić information content (AvgIpc) is 2.76. The molecular weight excluding hydrogens is 276 g/mol. The second kappa shape index (κ2) is 4.87. The standard InChI is InChI=1S/C9H11BrN4S/c1-14-6-12-9(13-14)4-11-3-8-2-7(10)5-15-8/h2,5-6,11H,3-4H2,1H3. The summed E-state index contributed by atoms with van der Waals surface area (Å²) in [4.78, 5) is 5.44. The number of thiophene rings is 1. The van der Waals surface area contributed by atoms with Crippen LogP contribution in [0.1, 0.15) is 10.7 Å². The van der Waals surface area contributed by atoms with Crippen LogP contribution in [-0.2, 0) is 20.1 Å². The van der Waals surface area contributed by atoms with Gasteiger partial charge in [-0.3, -0.25) is 4.68 Å². The van der Waals surface area contributed by atoms with Crippen molar-refractivity contribution >= 4 is 27.3 Å². The predicted molar refractivity (Wildman–Crippen MR) is 63.6 cm³/mol. The molecule has 0 aliphatic rings. The van der Waals surface area contributed by atoms with Crippen LogP contribution in [0, 0.1) is 0 Å². The van der Waals surface area contributed by atoms with Crippen molar-refractivity contribution in [2.24, 2.45) is 7.05 Å². The molecule has 80 valence electrons. The first-order valence-corrected chi connectivity index (χ1v) is 6.19. The van der Waals surface area contributed by atoms with E-state index in [-0.39, 0.29) is 0 Å². The number of aryl methyl sites for hydroxylation is 1. The van der Waals surface area contributed by atoms with Gasteiger partial charge >= 0.3 is 0 Å². The molecule has 1 N–H and O–H groups in total. The van der Waals surface area contributed by atoms with Gasteiger partial charge in [0.25, 0.3) is 0 Å². The molecule has 0 spiro atoms. The summed E-state index contributed by atoms with van der Waals surface area (Å²) in [7, 11) is 1.87. The Morgan fingerprint density at radius 2 is 2.40 bits per heavy atom. The van der Waals surface area contributed by atoms with Gasteiger partial charge in [0, 0.05) is 28.3 Å². The van der Waals surface area contributed by atoms with Gasteiger partial charge in [-0.05, 0) is 22.0 Å². The number of halogens is 1. The molecule has 2 heterocycles. The van der Waals surface area contributed by atoms with E-state index in [9.17, 15) is 0 Å². The minimum absolute atomic E-state index is 0.705. The topological polar surface area (TPSA) is 42.7 Å². The molecule has 0 aliphatic heterocycles. The van der Waals surface area contributed by atoms with Gasteiger partial charge in [0.15, 0.2) is 5.82 Å². The molecule has 0 bridgehead atoms. The molecule has 0 radical (unpaired) electrons. The fourth-order valence-corrected chi connectivity index (χ4v) is 2.63. The lowest BCUT2D eigenvalue weighted by Gasteiger charge is -1.98. The van der Waals surface area contributed by atoms with Crippen LogP contribution in [0.25, 0.3) is 0 Å². The van der Waals surface area contributed by atoms with E-state index in [1.807, 2.05) is 7.05 Å². The molecule has 0 unspecified atom stereocenters. The second-order valence-electron chi connectivity index (χ2n) is 3.17. The highest BCUT2D eigenvalue weighted by atomic mass is 79.9. The largest absolute Gasteiger partial charge is 0.305 e. The summed E-state index contributed by atoms with van der Waals surface area (Å²) in [6.07, 6.45) is 1.71. The highest BCUT2D eigenvalue weighted by molar-refractivity contribution is 9.10. The van der Waals surface area contributed by atoms with Gasteiger partial charge in [0.1, 0.15) is 6.33 Å². The van der Waals surface area contributed by atoms with Crippen molar-refractivity contribution in [2.75, 3.05) is 0 Å². The first kappa shape index (κ1) is 10.8. The van der Waals surface area contributed by atoms with Gasteiger partial charge < -0.3 is 5.32 Å². The van der Waals surface area contributed by atoms with Crippen molar-refractivity contribution in [3.63, 3.8) is 0 Å². The maximum absolute atomic E-state index is 4.18. The van der Waals surface area contributed by atoms with E-state index < -0.39 is 0 Å². The highest BCUT2D eigenvalue weighted by Crippen LogP contribution is 2.19. The van der Waals surface area contributed by atoms with Crippen LogP contribution in [0.2, 0.25) is 0 Å². The Bertz CT molecular complexity index is 397. The Morgan fingerprint density at radius 3 is 3.00 bits per heavy atom. The molecule has 0 amide bonds. The quantitative estimate of drug-likeness (QED) is 0.934. The van der Waals surface area contributed by atoms with Crippen LogP contribution < -0.4 is 5.32 Å². The average molecular weight is 287 g/mol. The molecule has 2 aromatic rings. The van der Waals surface area contributed by atoms with Gasteiger partial charge in [-0.15, -0.1) is 11.3 Å². The molecular formula is C9H11BrN4S. The van der Waals surface area contributed by atoms with Gasteiger partial charge in [0.2, 0.25) is 0 Å². The number of nitrogens with one attached hydrogen (secondary N) is 1. The summed E-state index contributed by atoms with van der Waals surface area (Å²) in [6, 6.07) is 2.11. The molecule has 4 nitrogen and oxygen atoms in total. The maximum atomic E-state index is 4.18. The van der Waals surface area contributed by atoms with Gasteiger partial charge in [0.05, 0.1) is 6.54 Å². The molecule has 0 saturated heterocycles. The first-order chi connectivity index (χ1) is 7.24. The normalized spacial score (nSPS) is 10.8. The van der Waals surface area contributed by atoms with Crippen LogP contribution in [0.5, 0.6) is 0 Å². The Labute approximate surface area is 100 Å². The van der Waals surface area contributed by atoms with Gasteiger partial charge in [-0.2, -0.15) is 5.10 Å². The zero-order valence-corrected chi connectivity index (χ0v) is 10.7. The Hall–Kier alpha value is -0.720. The van der Waals surface area contributed by atoms with Crippen LogP contribution in [0.15, 0.2) is 22.2 Å². The van der Waals surface area contributed by atoms with E-state index in [1.165, 1.54) is 4.88 Å². The molecule has 0 atom stereocenters. The van der Waals surface area contributed by atoms with Crippen LogP contribution in [0.3, 0.4) is 0 Å². The smallest absolute Gasteiger partial charge is 0.164 e. The molecule has 0 aliphatic carbocycles. The minimum Gasteiger partial charge on any atom is -0.305 e. The lowest BCUT2D eigenvalue weighted by Crippen LogP contribution is -2.13. The summed E-state index contributed by atoms with van der Waals surface area (Å²) >= 11 is 5.16. The molecule has 0 aromatic carbocycles. The van der Waals surface area contributed by atoms with E-state index in [0.29, 0.717) is 6.54 Å². The summed E-state index contributed by atoms with van der Waals surface area (Å²) < 4.78 is 2.85. The molecule has 15 heavy (non-hydrogen) atoms. The molecule has 0 saturated carbocycles. The van der Waals surface area contributed by atoms with Crippen LogP contribution in [-0.4, -0.2) is 14.8 Å². The minimum atomic E-state index is 0.705. The zero-order chi connectivity index (χ0) is 10.7. The fourth-order valence-electron chi connectivity index (χ4n) is 1.21. The van der Waals surface area contributed by atoms with E-state index >= 15 is 0 Å². The highest BCUT2D eigenvalue weighted by Gasteiger charge is 2.00. The number of nitrogens with zero attached hydrogens (tertiary/aromatic N) is 3. The molecule has 6 heteroatoms. The zero-order valence-electron chi connectivity index (χ0n) is 8.27. The van der Waals surface area contributed by atoms with E-state index in [4.69, 9.17) is 0 Å². The maximum Gasteiger partial charge on any atom is 0.164 e. The van der Waals surface area contributed by atoms with Crippen molar-refractivity contribution in [1.29, 1.82) is 0 Å². The van der Waals surface area contributed by atoms with E-state index in [1.54, 1.807) is 22.3 Å². The van der Waals surface area contributed by atoms with Crippen molar-refractivity contribution in [1.82, 2.24) is 20.1 Å². The van der Waals surface area contributed by atoms with Gasteiger partial charge in [-0.25, -0.2) is 4.98 Å². The van der Waals surface area contributed by atoms with Gasteiger partial charge in [-0.1, -0.05) is 0 Å². The third-order valence-electron chi connectivity index (χ3n) is 1.85. The summed E-state index contributed by atoms with van der Waals surface area (Å²) in [5.74, 6) is 0.827. The Balaban J connectivity index is 1.80. The SMILES string of the molecule is Cn1cnc(CNCc2cc(Br)cs2)n1. The summed E-state index contributed by atoms with van der Waals surface area (Å²) in [5.41, 5.74) is 0. The first-order valence-electron chi connectivity index (χ1n) is 4.52. The number of rotatable bonds is 4. The second-order valence-corrected chi connectivity index (χ2v) is 5.08. The van der Waals surface area contributed by atoms with Crippen molar-refractivity contribution in [3.8, 4) is 0 Å². The van der Waals surface area contributed by atoms with E-state index in [0.717, 1.165) is 16.8 Å². The van der Waals surface area contributed by atoms with E-state index in [2.05, 4.69) is 42.8 Å².